The number of hydrogen-bond acceptors (Lipinski definition) is 3. The van der Waals surface area contributed by atoms with Gasteiger partial charge in [-0.1, -0.05) is 36.4 Å². The van der Waals surface area contributed by atoms with Gasteiger partial charge in [-0.3, -0.25) is 4.79 Å². The monoisotopic (exact) mass is 453 g/mol. The van der Waals surface area contributed by atoms with Crippen molar-refractivity contribution in [3.8, 4) is 0 Å². The van der Waals surface area contributed by atoms with Crippen LogP contribution in [-0.4, -0.2) is 37.1 Å². The van der Waals surface area contributed by atoms with Crippen molar-refractivity contribution in [1.29, 1.82) is 0 Å². The normalized spacial score (nSPS) is 16.4. The minimum Gasteiger partial charge on any atom is -0.342 e. The molecule has 1 saturated heterocycles. The molecule has 0 bridgehead atoms. The first-order valence-electron chi connectivity index (χ1n) is 10.2. The number of piperidine rings is 1. The highest BCUT2D eigenvalue weighted by molar-refractivity contribution is 7.92. The predicted octanol–water partition coefficient (Wildman–Crippen LogP) is 4.74. The first-order valence-corrected chi connectivity index (χ1v) is 11.6. The number of benzene rings is 2. The molecule has 0 spiro atoms. The maximum absolute atomic E-state index is 13.2. The fourth-order valence-electron chi connectivity index (χ4n) is 4.07. The first kappa shape index (κ1) is 23.3. The van der Waals surface area contributed by atoms with Crippen LogP contribution in [0.5, 0.6) is 0 Å². The molecule has 168 valence electrons. The van der Waals surface area contributed by atoms with Gasteiger partial charge in [0, 0.05) is 13.1 Å². The Morgan fingerprint density at radius 3 is 2.19 bits per heavy atom. The molecule has 3 rings (SSSR count). The summed E-state index contributed by atoms with van der Waals surface area (Å²) in [6.07, 6.45) is -3.37. The van der Waals surface area contributed by atoms with Crippen LogP contribution >= 0.6 is 0 Å². The number of alkyl halides is 3. The van der Waals surface area contributed by atoms with Gasteiger partial charge in [-0.05, 0) is 56.4 Å². The quantitative estimate of drug-likeness (QED) is 0.657. The van der Waals surface area contributed by atoms with Crippen LogP contribution in [0.25, 0.3) is 0 Å². The summed E-state index contributed by atoms with van der Waals surface area (Å²) in [5.74, 6) is -0.281. The molecule has 0 saturated carbocycles. The van der Waals surface area contributed by atoms with Gasteiger partial charge < -0.3 is 4.90 Å². The highest BCUT2D eigenvalue weighted by atomic mass is 32.2. The second-order valence-electron chi connectivity index (χ2n) is 8.45. The number of carbonyl (C=O) groups excluding carboxylic acids is 1. The Balaban J connectivity index is 1.71. The van der Waals surface area contributed by atoms with Crippen LogP contribution < -0.4 is 0 Å². The summed E-state index contributed by atoms with van der Waals surface area (Å²) in [5.41, 5.74) is -0.0622. The number of likely N-dealkylation sites (tertiary alicyclic amines) is 1. The van der Waals surface area contributed by atoms with Crippen LogP contribution in [0.3, 0.4) is 0 Å². The molecule has 0 aliphatic carbocycles. The lowest BCUT2D eigenvalue weighted by atomic mass is 9.85. The molecule has 0 unspecified atom stereocenters. The van der Waals surface area contributed by atoms with Crippen molar-refractivity contribution in [2.75, 3.05) is 13.1 Å². The molecule has 2 aromatic rings. The van der Waals surface area contributed by atoms with Crippen molar-refractivity contribution >= 4 is 15.7 Å². The molecule has 31 heavy (non-hydrogen) atoms. The zero-order valence-electron chi connectivity index (χ0n) is 17.5. The van der Waals surface area contributed by atoms with Gasteiger partial charge in [-0.2, -0.15) is 13.2 Å². The number of sulfone groups is 1. The maximum Gasteiger partial charge on any atom is 0.416 e. The van der Waals surface area contributed by atoms with Crippen LogP contribution in [0.1, 0.15) is 37.8 Å². The SMILES string of the molecule is CC(C)(C1CCN(C(=O)Cc2ccccc2)CC1)S(=O)(=O)c1cccc(C(F)(F)F)c1. The molecule has 0 radical (unpaired) electrons. The van der Waals surface area contributed by atoms with Crippen LogP contribution in [0.2, 0.25) is 0 Å². The molecule has 0 aromatic heterocycles. The average molecular weight is 454 g/mol. The Bertz CT molecular complexity index is 1030. The lowest BCUT2D eigenvalue weighted by molar-refractivity contribution is -0.137. The van der Waals surface area contributed by atoms with Crippen molar-refractivity contribution in [3.63, 3.8) is 0 Å². The summed E-state index contributed by atoms with van der Waals surface area (Å²) in [4.78, 5) is 14.0. The van der Waals surface area contributed by atoms with Gasteiger partial charge >= 0.3 is 6.18 Å². The van der Waals surface area contributed by atoms with Gasteiger partial charge in [0.05, 0.1) is 21.6 Å². The fourth-order valence-corrected chi connectivity index (χ4v) is 5.89. The third-order valence-electron chi connectivity index (χ3n) is 6.19. The van der Waals surface area contributed by atoms with Crippen LogP contribution in [0, 0.1) is 5.92 Å². The maximum atomic E-state index is 13.2. The first-order chi connectivity index (χ1) is 14.4. The van der Waals surface area contributed by atoms with E-state index in [1.807, 2.05) is 30.3 Å². The molecule has 1 aliphatic rings. The third-order valence-corrected chi connectivity index (χ3v) is 8.79. The zero-order valence-corrected chi connectivity index (χ0v) is 18.3. The van der Waals surface area contributed by atoms with E-state index in [1.54, 1.807) is 18.7 Å². The second kappa shape index (κ2) is 8.65. The van der Waals surface area contributed by atoms with Crippen molar-refractivity contribution in [2.24, 2.45) is 5.92 Å². The van der Waals surface area contributed by atoms with Crippen LogP contribution in [-0.2, 0) is 27.2 Å². The minimum absolute atomic E-state index is 0.0109. The third kappa shape index (κ3) is 4.95. The summed E-state index contributed by atoms with van der Waals surface area (Å²) in [5, 5.41) is 0. The van der Waals surface area contributed by atoms with E-state index < -0.39 is 26.3 Å². The van der Waals surface area contributed by atoms with Crippen molar-refractivity contribution in [3.05, 3.63) is 65.7 Å². The number of amides is 1. The Labute approximate surface area is 181 Å². The summed E-state index contributed by atoms with van der Waals surface area (Å²) in [6.45, 7) is 3.99. The molecule has 2 aromatic carbocycles. The van der Waals surface area contributed by atoms with E-state index in [2.05, 4.69) is 0 Å². The van der Waals surface area contributed by atoms with Crippen molar-refractivity contribution in [1.82, 2.24) is 4.90 Å². The predicted molar refractivity (Wildman–Crippen MR) is 112 cm³/mol. The van der Waals surface area contributed by atoms with Gasteiger partial charge in [-0.25, -0.2) is 8.42 Å². The Kier molecular flexibility index (Phi) is 6.51. The van der Waals surface area contributed by atoms with Gasteiger partial charge in [0.2, 0.25) is 5.91 Å². The number of rotatable bonds is 5. The van der Waals surface area contributed by atoms with Crippen LogP contribution in [0.15, 0.2) is 59.5 Å². The van der Waals surface area contributed by atoms with Gasteiger partial charge in [0.1, 0.15) is 0 Å². The standard InChI is InChI=1S/C23H26F3NO3S/c1-22(2,31(29,30)20-10-6-9-19(16-20)23(24,25)26)18-11-13-27(14-12-18)21(28)15-17-7-4-3-5-8-17/h3-10,16,18H,11-15H2,1-2H3. The molecule has 0 atom stereocenters. The lowest BCUT2D eigenvalue weighted by Crippen LogP contribution is -2.48. The molecule has 4 nitrogen and oxygen atoms in total. The van der Waals surface area contributed by atoms with E-state index in [4.69, 9.17) is 0 Å². The van der Waals surface area contributed by atoms with E-state index in [0.717, 1.165) is 17.7 Å². The summed E-state index contributed by atoms with van der Waals surface area (Å²) in [6, 6.07) is 13.3. The summed E-state index contributed by atoms with van der Waals surface area (Å²) in [7, 11) is -4.01. The molecule has 1 amide bonds. The number of carbonyl (C=O) groups is 1. The Morgan fingerprint density at radius 1 is 1.00 bits per heavy atom. The van der Waals surface area contributed by atoms with E-state index in [1.165, 1.54) is 6.07 Å². The molecule has 8 heteroatoms. The van der Waals surface area contributed by atoms with E-state index in [-0.39, 0.29) is 23.1 Å². The molecular weight excluding hydrogens is 427 g/mol. The molecule has 1 aliphatic heterocycles. The number of nitrogens with zero attached hydrogens (tertiary/aromatic N) is 1. The number of halogens is 3. The van der Waals surface area contributed by atoms with Crippen molar-refractivity contribution in [2.45, 2.75) is 48.9 Å². The van der Waals surface area contributed by atoms with Gasteiger partial charge in [0.15, 0.2) is 9.84 Å². The van der Waals surface area contributed by atoms with Gasteiger partial charge in [0.25, 0.3) is 0 Å². The lowest BCUT2D eigenvalue weighted by Gasteiger charge is -2.40. The molecule has 1 heterocycles. The largest absolute Gasteiger partial charge is 0.416 e. The zero-order chi connectivity index (χ0) is 22.9. The highest BCUT2D eigenvalue weighted by Crippen LogP contribution is 2.39. The summed E-state index contributed by atoms with van der Waals surface area (Å²) < 4.78 is 64.4. The minimum atomic E-state index is -4.61. The average Bonchev–Trinajstić information content (AvgIpc) is 2.74. The molecule has 0 N–H and O–H groups in total. The smallest absolute Gasteiger partial charge is 0.342 e. The second-order valence-corrected chi connectivity index (χ2v) is 11.0. The van der Waals surface area contributed by atoms with E-state index in [9.17, 15) is 26.4 Å². The van der Waals surface area contributed by atoms with E-state index >= 15 is 0 Å². The van der Waals surface area contributed by atoms with E-state index in [0.29, 0.717) is 32.0 Å². The van der Waals surface area contributed by atoms with Crippen molar-refractivity contribution < 1.29 is 26.4 Å². The number of hydrogen-bond donors (Lipinski definition) is 0. The molecular formula is C23H26F3NO3S. The fraction of sp³-hybridized carbons (Fsp3) is 0.435. The topological polar surface area (TPSA) is 54.5 Å². The summed E-state index contributed by atoms with van der Waals surface area (Å²) >= 11 is 0. The highest BCUT2D eigenvalue weighted by Gasteiger charge is 2.44. The van der Waals surface area contributed by atoms with Crippen LogP contribution in [0.4, 0.5) is 13.2 Å². The Morgan fingerprint density at radius 2 is 1.61 bits per heavy atom. The molecule has 1 fully saturated rings. The Hall–Kier alpha value is -2.35. The van der Waals surface area contributed by atoms with Gasteiger partial charge in [-0.15, -0.1) is 0 Å².